The molecule has 0 aliphatic carbocycles. The van der Waals surface area contributed by atoms with E-state index in [-0.39, 0.29) is 5.41 Å². The van der Waals surface area contributed by atoms with Gasteiger partial charge in [-0.2, -0.15) is 0 Å². The van der Waals surface area contributed by atoms with Crippen molar-refractivity contribution in [1.82, 2.24) is 5.32 Å². The van der Waals surface area contributed by atoms with Crippen LogP contribution in [0.15, 0.2) is 18.2 Å². The fraction of sp³-hybridized carbons (Fsp3) is 0.429. The lowest BCUT2D eigenvalue weighted by Crippen LogP contribution is -2.35. The molecule has 0 aliphatic rings. The molecule has 1 rings (SSSR count). The van der Waals surface area contributed by atoms with E-state index in [9.17, 15) is 9.59 Å². The summed E-state index contributed by atoms with van der Waals surface area (Å²) in [5.41, 5.74) is 8.28. The van der Waals surface area contributed by atoms with Crippen molar-refractivity contribution in [3.8, 4) is 0 Å². The zero-order valence-electron chi connectivity index (χ0n) is 11.3. The van der Waals surface area contributed by atoms with Gasteiger partial charge in [-0.25, -0.2) is 0 Å². The number of aryl methyl sites for hydroxylation is 1. The highest BCUT2D eigenvalue weighted by atomic mass is 16.2. The maximum absolute atomic E-state index is 11.1. The van der Waals surface area contributed by atoms with Crippen LogP contribution < -0.4 is 11.1 Å². The quantitative estimate of drug-likeness (QED) is 0.776. The third-order valence-corrected chi connectivity index (χ3v) is 2.87. The number of rotatable bonds is 2. The summed E-state index contributed by atoms with van der Waals surface area (Å²) in [6.45, 7) is 8.75. The second-order valence-corrected chi connectivity index (χ2v) is 5.44. The number of amides is 2. The van der Waals surface area contributed by atoms with Crippen LogP contribution in [-0.2, 0) is 21.5 Å². The van der Waals surface area contributed by atoms with E-state index in [4.69, 9.17) is 5.73 Å². The van der Waals surface area contributed by atoms with E-state index >= 15 is 0 Å². The molecular weight excluding hydrogens is 228 g/mol. The van der Waals surface area contributed by atoms with Gasteiger partial charge >= 0.3 is 11.8 Å². The number of hydrogen-bond acceptors (Lipinski definition) is 2. The van der Waals surface area contributed by atoms with Gasteiger partial charge < -0.3 is 11.1 Å². The molecule has 0 bridgehead atoms. The van der Waals surface area contributed by atoms with Gasteiger partial charge in [0.2, 0.25) is 0 Å². The van der Waals surface area contributed by atoms with Crippen molar-refractivity contribution in [2.24, 2.45) is 5.73 Å². The van der Waals surface area contributed by atoms with Gasteiger partial charge in [-0.1, -0.05) is 39.0 Å². The van der Waals surface area contributed by atoms with E-state index in [0.717, 1.165) is 11.1 Å². The van der Waals surface area contributed by atoms with Crippen molar-refractivity contribution < 1.29 is 9.59 Å². The SMILES string of the molecule is Cc1cc(C(C)(C)C)ccc1CNC(=O)C(N)=O. The molecule has 18 heavy (non-hydrogen) atoms. The normalized spacial score (nSPS) is 11.1. The number of primary amides is 1. The van der Waals surface area contributed by atoms with Crippen LogP contribution in [0.25, 0.3) is 0 Å². The lowest BCUT2D eigenvalue weighted by Gasteiger charge is -2.20. The molecule has 0 saturated heterocycles. The zero-order valence-corrected chi connectivity index (χ0v) is 11.3. The number of carbonyl (C=O) groups is 2. The molecule has 0 heterocycles. The smallest absolute Gasteiger partial charge is 0.309 e. The first-order valence-corrected chi connectivity index (χ1v) is 5.89. The molecule has 0 fully saturated rings. The molecular formula is C14H20N2O2. The molecule has 3 N–H and O–H groups in total. The molecule has 0 aromatic heterocycles. The highest BCUT2D eigenvalue weighted by Gasteiger charge is 2.15. The van der Waals surface area contributed by atoms with Crippen molar-refractivity contribution in [2.75, 3.05) is 0 Å². The number of nitrogens with two attached hydrogens (primary N) is 1. The van der Waals surface area contributed by atoms with Crippen LogP contribution in [0, 0.1) is 6.92 Å². The number of nitrogens with one attached hydrogen (secondary N) is 1. The minimum Gasteiger partial charge on any atom is -0.361 e. The largest absolute Gasteiger partial charge is 0.361 e. The van der Waals surface area contributed by atoms with Crippen LogP contribution in [0.4, 0.5) is 0 Å². The molecule has 0 saturated carbocycles. The maximum atomic E-state index is 11.1. The first-order valence-electron chi connectivity index (χ1n) is 5.89. The molecule has 0 spiro atoms. The summed E-state index contributed by atoms with van der Waals surface area (Å²) in [6.07, 6.45) is 0. The van der Waals surface area contributed by atoms with Gasteiger partial charge in [0.25, 0.3) is 0 Å². The van der Waals surface area contributed by atoms with Crippen molar-refractivity contribution in [3.63, 3.8) is 0 Å². The maximum Gasteiger partial charge on any atom is 0.309 e. The lowest BCUT2D eigenvalue weighted by atomic mass is 9.85. The Labute approximate surface area is 108 Å². The Morgan fingerprint density at radius 3 is 2.33 bits per heavy atom. The number of carbonyl (C=O) groups excluding carboxylic acids is 2. The van der Waals surface area contributed by atoms with E-state index in [1.54, 1.807) is 0 Å². The molecule has 0 aliphatic heterocycles. The molecule has 98 valence electrons. The van der Waals surface area contributed by atoms with Gasteiger partial charge in [0.1, 0.15) is 0 Å². The van der Waals surface area contributed by atoms with Crippen LogP contribution >= 0.6 is 0 Å². The van der Waals surface area contributed by atoms with Gasteiger partial charge in [0.05, 0.1) is 0 Å². The van der Waals surface area contributed by atoms with E-state index in [0.29, 0.717) is 6.54 Å². The van der Waals surface area contributed by atoms with E-state index < -0.39 is 11.8 Å². The lowest BCUT2D eigenvalue weighted by molar-refractivity contribution is -0.137. The molecule has 4 nitrogen and oxygen atoms in total. The van der Waals surface area contributed by atoms with Crippen molar-refractivity contribution >= 4 is 11.8 Å². The van der Waals surface area contributed by atoms with Gasteiger partial charge in [-0.05, 0) is 29.0 Å². The fourth-order valence-corrected chi connectivity index (χ4v) is 1.62. The summed E-state index contributed by atoms with van der Waals surface area (Å²) in [5, 5.41) is 2.48. The average Bonchev–Trinajstić information content (AvgIpc) is 2.25. The third-order valence-electron chi connectivity index (χ3n) is 2.87. The van der Waals surface area contributed by atoms with E-state index in [1.807, 2.05) is 19.1 Å². The summed E-state index contributed by atoms with van der Waals surface area (Å²) < 4.78 is 0. The molecule has 0 atom stereocenters. The fourth-order valence-electron chi connectivity index (χ4n) is 1.62. The third kappa shape index (κ3) is 3.58. The first-order chi connectivity index (χ1) is 8.21. The number of hydrogen-bond donors (Lipinski definition) is 2. The van der Waals surface area contributed by atoms with Crippen LogP contribution in [0.1, 0.15) is 37.5 Å². The summed E-state index contributed by atoms with van der Waals surface area (Å²) in [6, 6.07) is 6.11. The Morgan fingerprint density at radius 1 is 1.28 bits per heavy atom. The monoisotopic (exact) mass is 248 g/mol. The zero-order chi connectivity index (χ0) is 13.9. The highest BCUT2D eigenvalue weighted by molar-refractivity contribution is 6.34. The topological polar surface area (TPSA) is 72.2 Å². The van der Waals surface area contributed by atoms with Gasteiger partial charge in [-0.3, -0.25) is 9.59 Å². The van der Waals surface area contributed by atoms with Crippen LogP contribution in [0.5, 0.6) is 0 Å². The minimum atomic E-state index is -0.959. The van der Waals surface area contributed by atoms with Crippen molar-refractivity contribution in [1.29, 1.82) is 0 Å². The van der Waals surface area contributed by atoms with Gasteiger partial charge in [0.15, 0.2) is 0 Å². The summed E-state index contributed by atoms with van der Waals surface area (Å²) in [5.74, 6) is -1.71. The molecule has 2 amide bonds. The second-order valence-electron chi connectivity index (χ2n) is 5.44. The molecule has 0 radical (unpaired) electrons. The highest BCUT2D eigenvalue weighted by Crippen LogP contribution is 2.24. The first kappa shape index (κ1) is 14.2. The van der Waals surface area contributed by atoms with Gasteiger partial charge in [-0.15, -0.1) is 0 Å². The molecule has 1 aromatic carbocycles. The Balaban J connectivity index is 2.81. The molecule has 1 aromatic rings. The predicted octanol–water partition coefficient (Wildman–Crippen LogP) is 1.39. The Bertz CT molecular complexity index is 473. The Kier molecular flexibility index (Phi) is 4.11. The van der Waals surface area contributed by atoms with E-state index in [2.05, 4.69) is 32.2 Å². The number of benzene rings is 1. The summed E-state index contributed by atoms with van der Waals surface area (Å²) in [4.78, 5) is 21.7. The van der Waals surface area contributed by atoms with Crippen LogP contribution in [0.2, 0.25) is 0 Å². The standard InChI is InChI=1S/C14H20N2O2/c1-9-7-11(14(2,3)4)6-5-10(9)8-16-13(18)12(15)17/h5-7H,8H2,1-4H3,(H2,15,17)(H,16,18). The Hall–Kier alpha value is -1.84. The minimum absolute atomic E-state index is 0.0970. The summed E-state index contributed by atoms with van der Waals surface area (Å²) in [7, 11) is 0. The molecule has 4 heteroatoms. The van der Waals surface area contributed by atoms with Crippen LogP contribution in [0.3, 0.4) is 0 Å². The van der Waals surface area contributed by atoms with Gasteiger partial charge in [0, 0.05) is 6.54 Å². The summed E-state index contributed by atoms with van der Waals surface area (Å²) >= 11 is 0. The second kappa shape index (κ2) is 5.21. The van der Waals surface area contributed by atoms with E-state index in [1.165, 1.54) is 5.56 Å². The van der Waals surface area contributed by atoms with Crippen LogP contribution in [-0.4, -0.2) is 11.8 Å². The average molecular weight is 248 g/mol. The Morgan fingerprint density at radius 2 is 1.89 bits per heavy atom. The molecule has 0 unspecified atom stereocenters. The van der Waals surface area contributed by atoms with Crippen molar-refractivity contribution in [3.05, 3.63) is 34.9 Å². The predicted molar refractivity (Wildman–Crippen MR) is 70.9 cm³/mol. The van der Waals surface area contributed by atoms with Crippen molar-refractivity contribution in [2.45, 2.75) is 39.7 Å².